The zero-order chi connectivity index (χ0) is 13.5. The van der Waals surface area contributed by atoms with E-state index in [1.54, 1.807) is 11.8 Å². The summed E-state index contributed by atoms with van der Waals surface area (Å²) in [5, 5.41) is 2.88. The molecule has 0 heterocycles. The number of thioether (sulfide) groups is 1. The van der Waals surface area contributed by atoms with Crippen LogP contribution in [0.4, 0.5) is 0 Å². The molecule has 1 aromatic carbocycles. The van der Waals surface area contributed by atoms with Gasteiger partial charge in [0.25, 0.3) is 0 Å². The normalized spacial score (nSPS) is 11.6. The van der Waals surface area contributed by atoms with Crippen molar-refractivity contribution in [3.8, 4) is 0 Å². The van der Waals surface area contributed by atoms with Crippen molar-refractivity contribution in [2.45, 2.75) is 25.9 Å². The van der Waals surface area contributed by atoms with Crippen molar-refractivity contribution < 1.29 is 4.79 Å². The van der Waals surface area contributed by atoms with Crippen LogP contribution < -0.4 is 11.1 Å². The highest BCUT2D eigenvalue weighted by atomic mass is 79.9. The van der Waals surface area contributed by atoms with Gasteiger partial charge in [0, 0.05) is 11.0 Å². The van der Waals surface area contributed by atoms with Gasteiger partial charge >= 0.3 is 0 Å². The van der Waals surface area contributed by atoms with E-state index in [2.05, 4.69) is 21.2 Å². The maximum absolute atomic E-state index is 11.7. The first-order chi connectivity index (χ1) is 8.54. The van der Waals surface area contributed by atoms with E-state index >= 15 is 0 Å². The number of nitrogens with two attached hydrogens (primary N) is 1. The van der Waals surface area contributed by atoms with Gasteiger partial charge in [-0.15, -0.1) is 12.4 Å². The molecular formula is C13H20BrClN2OS. The van der Waals surface area contributed by atoms with Gasteiger partial charge in [-0.2, -0.15) is 11.8 Å². The first-order valence-electron chi connectivity index (χ1n) is 5.82. The van der Waals surface area contributed by atoms with Gasteiger partial charge in [-0.25, -0.2) is 0 Å². The highest BCUT2D eigenvalue weighted by molar-refractivity contribution is 9.10. The maximum atomic E-state index is 11.7. The number of rotatable bonds is 6. The number of halogens is 2. The second-order valence-corrected chi connectivity index (χ2v) is 6.08. The van der Waals surface area contributed by atoms with Crippen LogP contribution in [0.15, 0.2) is 22.7 Å². The predicted molar refractivity (Wildman–Crippen MR) is 88.9 cm³/mol. The standard InChI is InChI=1S/C13H19BrN2OS.ClH/c1-9-7-11(14)4-3-10(9)8-16-13(17)12(15)5-6-18-2;/h3-4,7,12H,5-6,8,15H2,1-2H3,(H,16,17);1H/t12-;/m0./s1. The summed E-state index contributed by atoms with van der Waals surface area (Å²) in [7, 11) is 0. The Labute approximate surface area is 133 Å². The molecule has 3 nitrogen and oxygen atoms in total. The van der Waals surface area contributed by atoms with Crippen LogP contribution in [0.25, 0.3) is 0 Å². The van der Waals surface area contributed by atoms with Gasteiger partial charge in [0.2, 0.25) is 5.91 Å². The lowest BCUT2D eigenvalue weighted by molar-refractivity contribution is -0.122. The molecule has 1 atom stereocenters. The Kier molecular flexibility index (Phi) is 9.52. The lowest BCUT2D eigenvalue weighted by atomic mass is 10.1. The van der Waals surface area contributed by atoms with Gasteiger partial charge in [0.15, 0.2) is 0 Å². The third-order valence-electron chi connectivity index (χ3n) is 2.73. The molecule has 3 N–H and O–H groups in total. The van der Waals surface area contributed by atoms with Gasteiger partial charge in [-0.05, 0) is 48.6 Å². The average Bonchev–Trinajstić information content (AvgIpc) is 2.34. The number of hydrogen-bond donors (Lipinski definition) is 2. The Morgan fingerprint density at radius 1 is 1.53 bits per heavy atom. The molecule has 0 saturated carbocycles. The van der Waals surface area contributed by atoms with Gasteiger partial charge in [-0.1, -0.05) is 22.0 Å². The highest BCUT2D eigenvalue weighted by Crippen LogP contribution is 2.15. The third kappa shape index (κ3) is 6.65. The van der Waals surface area contributed by atoms with Crippen LogP contribution >= 0.6 is 40.1 Å². The number of aryl methyl sites for hydroxylation is 1. The first kappa shape index (κ1) is 18.8. The van der Waals surface area contributed by atoms with E-state index in [0.29, 0.717) is 13.0 Å². The molecule has 6 heteroatoms. The summed E-state index contributed by atoms with van der Waals surface area (Å²) >= 11 is 5.12. The first-order valence-corrected chi connectivity index (χ1v) is 8.00. The predicted octanol–water partition coefficient (Wildman–Crippen LogP) is 2.88. The number of carbonyl (C=O) groups is 1. The van der Waals surface area contributed by atoms with E-state index in [1.165, 1.54) is 0 Å². The van der Waals surface area contributed by atoms with Crippen molar-refractivity contribution in [1.82, 2.24) is 5.32 Å². The molecule has 0 aliphatic carbocycles. The second-order valence-electron chi connectivity index (χ2n) is 4.18. The van der Waals surface area contributed by atoms with Crippen LogP contribution in [-0.2, 0) is 11.3 Å². The Balaban J connectivity index is 0.00000324. The van der Waals surface area contributed by atoms with Crippen LogP contribution in [0.1, 0.15) is 17.5 Å². The molecular weight excluding hydrogens is 348 g/mol. The van der Waals surface area contributed by atoms with E-state index in [-0.39, 0.29) is 18.3 Å². The molecule has 1 amide bonds. The number of amides is 1. The van der Waals surface area contributed by atoms with Crippen molar-refractivity contribution >= 4 is 46.0 Å². The summed E-state index contributed by atoms with van der Waals surface area (Å²) in [4.78, 5) is 11.7. The van der Waals surface area contributed by atoms with E-state index < -0.39 is 6.04 Å². The van der Waals surface area contributed by atoms with Crippen molar-refractivity contribution in [1.29, 1.82) is 0 Å². The Bertz CT molecular complexity index is 418. The maximum Gasteiger partial charge on any atom is 0.237 e. The number of nitrogens with one attached hydrogen (secondary N) is 1. The topological polar surface area (TPSA) is 55.1 Å². The Hall–Kier alpha value is -0.230. The molecule has 0 bridgehead atoms. The summed E-state index contributed by atoms with van der Waals surface area (Å²) in [6.07, 6.45) is 2.72. The zero-order valence-electron chi connectivity index (χ0n) is 11.1. The molecule has 0 unspecified atom stereocenters. The minimum absolute atomic E-state index is 0. The van der Waals surface area contributed by atoms with E-state index in [1.807, 2.05) is 31.4 Å². The summed E-state index contributed by atoms with van der Waals surface area (Å²) in [5.74, 6) is 0.831. The Morgan fingerprint density at radius 2 is 2.21 bits per heavy atom. The van der Waals surface area contributed by atoms with Crippen LogP contribution in [0.5, 0.6) is 0 Å². The van der Waals surface area contributed by atoms with Crippen LogP contribution in [0, 0.1) is 6.92 Å². The molecule has 0 aromatic heterocycles. The third-order valence-corrected chi connectivity index (χ3v) is 3.86. The van der Waals surface area contributed by atoms with Crippen molar-refractivity contribution in [2.24, 2.45) is 5.73 Å². The largest absolute Gasteiger partial charge is 0.351 e. The molecule has 108 valence electrons. The molecule has 0 fully saturated rings. The van der Waals surface area contributed by atoms with Crippen molar-refractivity contribution in [3.05, 3.63) is 33.8 Å². The minimum atomic E-state index is -0.409. The molecule has 1 rings (SSSR count). The summed E-state index contributed by atoms with van der Waals surface area (Å²) < 4.78 is 1.05. The zero-order valence-corrected chi connectivity index (χ0v) is 14.3. The molecule has 19 heavy (non-hydrogen) atoms. The van der Waals surface area contributed by atoms with Crippen molar-refractivity contribution in [2.75, 3.05) is 12.0 Å². The van der Waals surface area contributed by atoms with Crippen molar-refractivity contribution in [3.63, 3.8) is 0 Å². The molecule has 0 saturated heterocycles. The Morgan fingerprint density at radius 3 is 2.79 bits per heavy atom. The molecule has 1 aromatic rings. The van der Waals surface area contributed by atoms with Gasteiger partial charge in [0.05, 0.1) is 6.04 Å². The number of hydrogen-bond acceptors (Lipinski definition) is 3. The molecule has 0 aliphatic rings. The smallest absolute Gasteiger partial charge is 0.237 e. The second kappa shape index (κ2) is 9.64. The highest BCUT2D eigenvalue weighted by Gasteiger charge is 2.12. The van der Waals surface area contributed by atoms with Crippen LogP contribution in [-0.4, -0.2) is 24.0 Å². The fourth-order valence-electron chi connectivity index (χ4n) is 1.55. The summed E-state index contributed by atoms with van der Waals surface area (Å²) in [6, 6.07) is 5.61. The van der Waals surface area contributed by atoms with Gasteiger partial charge in [0.1, 0.15) is 0 Å². The van der Waals surface area contributed by atoms with E-state index in [0.717, 1.165) is 21.4 Å². The molecule has 0 spiro atoms. The van der Waals surface area contributed by atoms with Crippen LogP contribution in [0.3, 0.4) is 0 Å². The summed E-state index contributed by atoms with van der Waals surface area (Å²) in [5.41, 5.74) is 8.07. The molecule has 0 radical (unpaired) electrons. The SMILES string of the molecule is CSCC[C@H](N)C(=O)NCc1ccc(Br)cc1C.Cl. The quantitative estimate of drug-likeness (QED) is 0.813. The van der Waals surface area contributed by atoms with E-state index in [9.17, 15) is 4.79 Å². The van der Waals surface area contributed by atoms with Gasteiger partial charge in [-0.3, -0.25) is 4.79 Å². The minimum Gasteiger partial charge on any atom is -0.351 e. The number of carbonyl (C=O) groups excluding carboxylic acids is 1. The fourth-order valence-corrected chi connectivity index (χ4v) is 2.51. The number of benzene rings is 1. The summed E-state index contributed by atoms with van der Waals surface area (Å²) in [6.45, 7) is 2.56. The lowest BCUT2D eigenvalue weighted by Crippen LogP contribution is -2.40. The van der Waals surface area contributed by atoms with E-state index in [4.69, 9.17) is 5.73 Å². The van der Waals surface area contributed by atoms with Gasteiger partial charge < -0.3 is 11.1 Å². The monoisotopic (exact) mass is 366 g/mol. The van der Waals surface area contributed by atoms with Crippen LogP contribution in [0.2, 0.25) is 0 Å². The molecule has 0 aliphatic heterocycles. The average molecular weight is 368 g/mol. The lowest BCUT2D eigenvalue weighted by Gasteiger charge is -2.13. The fraction of sp³-hybridized carbons (Fsp3) is 0.462.